The minimum atomic E-state index is -4.67. The van der Waals surface area contributed by atoms with Crippen molar-refractivity contribution in [1.82, 2.24) is 0 Å². The molecule has 0 amide bonds. The number of aromatic hydroxyl groups is 2. The van der Waals surface area contributed by atoms with Crippen molar-refractivity contribution in [2.24, 2.45) is 0 Å². The van der Waals surface area contributed by atoms with E-state index < -0.39 is 18.7 Å². The number of carbonyl (C=O) groups excluding carboxylic acids is 1. The molecule has 0 aliphatic carbocycles. The van der Waals surface area contributed by atoms with Gasteiger partial charge in [0.1, 0.15) is 11.5 Å². The predicted molar refractivity (Wildman–Crippen MR) is 75.9 cm³/mol. The van der Waals surface area contributed by atoms with Crippen LogP contribution in [-0.4, -0.2) is 25.8 Å². The van der Waals surface area contributed by atoms with Gasteiger partial charge in [0.15, 0.2) is 5.78 Å². The second-order valence-corrected chi connectivity index (χ2v) is 6.08. The third-order valence-electron chi connectivity index (χ3n) is 2.90. The Morgan fingerprint density at radius 1 is 0.952 bits per heavy atom. The number of hydrogen-bond acceptors (Lipinski definition) is 4. The van der Waals surface area contributed by atoms with Crippen LogP contribution in [0.5, 0.6) is 11.5 Å². The van der Waals surface area contributed by atoms with E-state index in [2.05, 4.69) is 0 Å². The molecule has 0 heterocycles. The molecule has 2 aromatic rings. The van der Waals surface area contributed by atoms with Gasteiger partial charge in [0.05, 0.1) is 5.30 Å². The van der Waals surface area contributed by atoms with Gasteiger partial charge < -0.3 is 20.0 Å². The van der Waals surface area contributed by atoms with Gasteiger partial charge in [-0.15, -0.1) is 0 Å². The van der Waals surface area contributed by atoms with Gasteiger partial charge in [-0.25, -0.2) is 0 Å². The molecule has 6 nitrogen and oxygen atoms in total. The second-order valence-electron chi connectivity index (χ2n) is 4.51. The first-order valence-electron chi connectivity index (χ1n) is 5.97. The molecule has 0 fully saturated rings. The van der Waals surface area contributed by atoms with Crippen LogP contribution in [-0.2, 0) is 11.0 Å². The van der Waals surface area contributed by atoms with Crippen LogP contribution in [0.25, 0.3) is 0 Å². The lowest BCUT2D eigenvalue weighted by atomic mass is 10.0. The van der Waals surface area contributed by atoms with Crippen molar-refractivity contribution >= 4 is 18.7 Å². The van der Waals surface area contributed by atoms with Gasteiger partial charge in [0.25, 0.3) is 0 Å². The van der Waals surface area contributed by atoms with E-state index >= 15 is 0 Å². The highest BCUT2D eigenvalue weighted by Crippen LogP contribution is 2.36. The lowest BCUT2D eigenvalue weighted by molar-refractivity contribution is 0.0993. The molecular formula is C14H13O6P. The van der Waals surface area contributed by atoms with Crippen LogP contribution in [0.15, 0.2) is 42.5 Å². The van der Waals surface area contributed by atoms with Gasteiger partial charge in [-0.05, 0) is 35.9 Å². The molecule has 0 spiro atoms. The highest BCUT2D eigenvalue weighted by atomic mass is 31.2. The summed E-state index contributed by atoms with van der Waals surface area (Å²) in [5, 5.41) is 18.0. The van der Waals surface area contributed by atoms with Gasteiger partial charge in [-0.2, -0.15) is 0 Å². The number of phenols is 2. The van der Waals surface area contributed by atoms with Gasteiger partial charge >= 0.3 is 7.60 Å². The maximum absolute atomic E-state index is 12.2. The average Bonchev–Trinajstić information content (AvgIpc) is 2.40. The fourth-order valence-corrected chi connectivity index (χ4v) is 2.70. The third-order valence-corrected chi connectivity index (χ3v) is 3.89. The molecule has 7 heteroatoms. The summed E-state index contributed by atoms with van der Waals surface area (Å²) in [4.78, 5) is 30.7. The first-order valence-corrected chi connectivity index (χ1v) is 7.59. The minimum absolute atomic E-state index is 0.0618. The quantitative estimate of drug-likeness (QED) is 0.500. The van der Waals surface area contributed by atoms with E-state index in [4.69, 9.17) is 0 Å². The summed E-state index contributed by atoms with van der Waals surface area (Å²) in [5.74, 6) is -0.750. The highest BCUT2D eigenvalue weighted by molar-refractivity contribution is 7.60. The number of carbonyl (C=O) groups is 1. The Labute approximate surface area is 120 Å². The molecular weight excluding hydrogens is 295 g/mol. The Kier molecular flexibility index (Phi) is 4.14. The summed E-state index contributed by atoms with van der Waals surface area (Å²) in [7, 11) is -4.67. The fourth-order valence-electron chi connectivity index (χ4n) is 1.89. The molecule has 0 bridgehead atoms. The zero-order chi connectivity index (χ0) is 15.6. The van der Waals surface area contributed by atoms with E-state index in [1.807, 2.05) is 0 Å². The summed E-state index contributed by atoms with van der Waals surface area (Å²) in [5.41, 5.74) is 0.469. The van der Waals surface area contributed by atoms with Crippen molar-refractivity contribution in [3.05, 3.63) is 53.6 Å². The summed E-state index contributed by atoms with van der Waals surface area (Å²) < 4.78 is 11.4. The topological polar surface area (TPSA) is 115 Å². The number of hydrogen-bond donors (Lipinski definition) is 4. The zero-order valence-electron chi connectivity index (χ0n) is 10.8. The van der Waals surface area contributed by atoms with Crippen LogP contribution >= 0.6 is 7.60 Å². The number of rotatable bonds is 4. The van der Waals surface area contributed by atoms with Crippen LogP contribution in [0.1, 0.15) is 15.9 Å². The number of benzene rings is 2. The highest BCUT2D eigenvalue weighted by Gasteiger charge is 2.25. The Morgan fingerprint density at radius 2 is 1.52 bits per heavy atom. The summed E-state index contributed by atoms with van der Waals surface area (Å²) in [6.45, 7) is 0. The first-order chi connectivity index (χ1) is 9.77. The van der Waals surface area contributed by atoms with E-state index in [9.17, 15) is 29.4 Å². The van der Waals surface area contributed by atoms with Gasteiger partial charge in [-0.1, -0.05) is 12.1 Å². The molecule has 0 aromatic heterocycles. The maximum atomic E-state index is 12.2. The van der Waals surface area contributed by atoms with E-state index in [-0.39, 0.29) is 23.5 Å². The molecule has 0 aliphatic heterocycles. The van der Waals surface area contributed by atoms with Gasteiger partial charge in [0.2, 0.25) is 0 Å². The molecule has 2 aromatic carbocycles. The van der Waals surface area contributed by atoms with Crippen molar-refractivity contribution in [2.45, 2.75) is 6.42 Å². The van der Waals surface area contributed by atoms with Crippen molar-refractivity contribution in [1.29, 1.82) is 0 Å². The second kappa shape index (κ2) is 5.69. The van der Waals surface area contributed by atoms with Crippen LogP contribution in [0.2, 0.25) is 0 Å². The van der Waals surface area contributed by atoms with Crippen LogP contribution in [0.3, 0.4) is 0 Å². The van der Waals surface area contributed by atoms with E-state index in [0.29, 0.717) is 5.56 Å². The third kappa shape index (κ3) is 3.70. The number of Topliss-reactive ketones (excluding diaryl/α,β-unsaturated/α-hetero) is 1. The summed E-state index contributed by atoms with van der Waals surface area (Å²) in [6, 6.07) is 9.21. The molecule has 0 saturated heterocycles. The Balaban J connectivity index is 2.35. The van der Waals surface area contributed by atoms with Crippen molar-refractivity contribution in [3.63, 3.8) is 0 Å². The molecule has 0 saturated carbocycles. The van der Waals surface area contributed by atoms with Gasteiger partial charge in [0, 0.05) is 12.0 Å². The molecule has 21 heavy (non-hydrogen) atoms. The van der Waals surface area contributed by atoms with E-state index in [0.717, 1.165) is 6.07 Å². The predicted octanol–water partition coefficient (Wildman–Crippen LogP) is 1.33. The van der Waals surface area contributed by atoms with E-state index in [1.54, 1.807) is 12.1 Å². The monoisotopic (exact) mass is 308 g/mol. The number of phenolic OH excluding ortho intramolecular Hbond substituents is 2. The van der Waals surface area contributed by atoms with Crippen LogP contribution in [0.4, 0.5) is 0 Å². The zero-order valence-corrected chi connectivity index (χ0v) is 11.7. The lowest BCUT2D eigenvalue weighted by Gasteiger charge is -2.10. The minimum Gasteiger partial charge on any atom is -0.508 e. The molecule has 4 N–H and O–H groups in total. The Hall–Kier alpha value is -2.14. The first kappa shape index (κ1) is 15.3. The van der Waals surface area contributed by atoms with Crippen LogP contribution in [0, 0.1) is 0 Å². The lowest BCUT2D eigenvalue weighted by Crippen LogP contribution is -2.17. The Morgan fingerprint density at radius 3 is 2.10 bits per heavy atom. The fraction of sp³-hybridized carbons (Fsp3) is 0.0714. The molecule has 0 aliphatic rings. The molecule has 0 radical (unpaired) electrons. The maximum Gasteiger partial charge on any atom is 0.357 e. The molecule has 110 valence electrons. The smallest absolute Gasteiger partial charge is 0.357 e. The Bertz CT molecular complexity index is 717. The SMILES string of the molecule is O=C(Cc1ccc(O)cc1)c1ccc(O)cc1P(=O)(O)O. The molecule has 0 atom stereocenters. The van der Waals surface area contributed by atoms with Crippen molar-refractivity contribution in [3.8, 4) is 11.5 Å². The average molecular weight is 308 g/mol. The standard InChI is InChI=1S/C14H13O6P/c15-10-3-1-9(2-4-10)7-13(17)12-6-5-11(16)8-14(12)21(18,19)20/h1-6,8,15-16H,7H2,(H2,18,19,20). The summed E-state index contributed by atoms with van der Waals surface area (Å²) >= 11 is 0. The van der Waals surface area contributed by atoms with Crippen LogP contribution < -0.4 is 5.30 Å². The molecule has 2 rings (SSSR count). The van der Waals surface area contributed by atoms with Crippen molar-refractivity contribution in [2.75, 3.05) is 0 Å². The molecule has 0 unspecified atom stereocenters. The van der Waals surface area contributed by atoms with Crippen molar-refractivity contribution < 1.29 is 29.4 Å². The van der Waals surface area contributed by atoms with Gasteiger partial charge in [-0.3, -0.25) is 9.36 Å². The van der Waals surface area contributed by atoms with E-state index in [1.165, 1.54) is 24.3 Å². The summed E-state index contributed by atoms with van der Waals surface area (Å²) in [6.07, 6.45) is -0.0714. The normalized spacial score (nSPS) is 11.3. The number of ketones is 1. The largest absolute Gasteiger partial charge is 0.508 e.